The second-order valence-corrected chi connectivity index (χ2v) is 4.33. The Morgan fingerprint density at radius 2 is 2.00 bits per heavy atom. The van der Waals surface area contributed by atoms with Crippen LogP contribution in [0.25, 0.3) is 0 Å². The first-order valence-electron chi connectivity index (χ1n) is 5.72. The van der Waals surface area contributed by atoms with Crippen molar-refractivity contribution < 1.29 is 4.74 Å². The highest BCUT2D eigenvalue weighted by atomic mass is 35.5. The molecule has 0 atom stereocenters. The Morgan fingerprint density at radius 3 is 2.72 bits per heavy atom. The summed E-state index contributed by atoms with van der Waals surface area (Å²) in [5.41, 5.74) is 2.83. The molecule has 1 heterocycles. The van der Waals surface area contributed by atoms with Crippen molar-refractivity contribution in [1.82, 2.24) is 4.98 Å². The number of rotatable bonds is 4. The normalized spacial score (nSPS) is 10.2. The number of aromatic nitrogens is 1. The van der Waals surface area contributed by atoms with E-state index in [-0.39, 0.29) is 0 Å². The number of anilines is 1. The number of benzene rings is 1. The van der Waals surface area contributed by atoms with Crippen LogP contribution in [0.3, 0.4) is 0 Å². The summed E-state index contributed by atoms with van der Waals surface area (Å²) in [6.45, 7) is 2.33. The summed E-state index contributed by atoms with van der Waals surface area (Å²) in [7, 11) is 1.86. The fourth-order valence-electron chi connectivity index (χ4n) is 1.68. The van der Waals surface area contributed by atoms with Crippen LogP contribution in [0.4, 0.5) is 5.69 Å². The maximum atomic E-state index is 6.17. The summed E-state index contributed by atoms with van der Waals surface area (Å²) in [4.78, 5) is 4.29. The monoisotopic (exact) mass is 262 g/mol. The average molecular weight is 263 g/mol. The van der Waals surface area contributed by atoms with Gasteiger partial charge in [-0.15, -0.1) is 0 Å². The van der Waals surface area contributed by atoms with Crippen molar-refractivity contribution in [3.05, 3.63) is 52.7 Å². The minimum Gasteiger partial charge on any atom is -0.473 e. The minimum absolute atomic E-state index is 0.395. The number of halogens is 1. The van der Waals surface area contributed by atoms with Crippen molar-refractivity contribution in [3.63, 3.8) is 0 Å². The Labute approximate surface area is 112 Å². The number of hydrogen-bond acceptors (Lipinski definition) is 3. The number of pyridine rings is 1. The van der Waals surface area contributed by atoms with Gasteiger partial charge in [0, 0.05) is 35.1 Å². The van der Waals surface area contributed by atoms with Gasteiger partial charge in [0.15, 0.2) is 0 Å². The third-order valence-corrected chi connectivity index (χ3v) is 2.97. The summed E-state index contributed by atoms with van der Waals surface area (Å²) in [6.07, 6.45) is 0. The van der Waals surface area contributed by atoms with Crippen LogP contribution in [0.15, 0.2) is 36.4 Å². The lowest BCUT2D eigenvalue weighted by Crippen LogP contribution is -2.02. The van der Waals surface area contributed by atoms with Gasteiger partial charge in [-0.05, 0) is 25.1 Å². The molecule has 0 saturated carbocycles. The summed E-state index contributed by atoms with van der Waals surface area (Å²) in [5, 5.41) is 3.79. The van der Waals surface area contributed by atoms with Crippen LogP contribution in [0.5, 0.6) is 5.88 Å². The van der Waals surface area contributed by atoms with Crippen LogP contribution in [0, 0.1) is 6.92 Å². The summed E-state index contributed by atoms with van der Waals surface area (Å²) < 4.78 is 5.66. The summed E-state index contributed by atoms with van der Waals surface area (Å²) >= 11 is 6.17. The molecule has 0 saturated heterocycles. The highest BCUT2D eigenvalue weighted by Gasteiger charge is 2.07. The molecule has 2 aromatic rings. The maximum Gasteiger partial charge on any atom is 0.213 e. The van der Waals surface area contributed by atoms with Gasteiger partial charge >= 0.3 is 0 Å². The van der Waals surface area contributed by atoms with Gasteiger partial charge in [-0.3, -0.25) is 0 Å². The first-order valence-corrected chi connectivity index (χ1v) is 6.10. The van der Waals surface area contributed by atoms with Crippen molar-refractivity contribution in [2.45, 2.75) is 13.5 Å². The van der Waals surface area contributed by atoms with Gasteiger partial charge in [0.1, 0.15) is 6.61 Å². The molecule has 18 heavy (non-hydrogen) atoms. The average Bonchev–Trinajstić information content (AvgIpc) is 2.37. The van der Waals surface area contributed by atoms with Gasteiger partial charge in [0.2, 0.25) is 5.88 Å². The molecule has 94 valence electrons. The van der Waals surface area contributed by atoms with Crippen LogP contribution in [0.2, 0.25) is 5.02 Å². The van der Waals surface area contributed by atoms with Gasteiger partial charge in [0.05, 0.1) is 0 Å². The van der Waals surface area contributed by atoms with E-state index in [4.69, 9.17) is 16.3 Å². The summed E-state index contributed by atoms with van der Waals surface area (Å²) in [5.74, 6) is 0.608. The zero-order valence-electron chi connectivity index (χ0n) is 10.4. The Kier molecular flexibility index (Phi) is 4.05. The molecule has 0 aliphatic rings. The van der Waals surface area contributed by atoms with Gasteiger partial charge in [-0.25, -0.2) is 4.98 Å². The van der Waals surface area contributed by atoms with Gasteiger partial charge < -0.3 is 10.1 Å². The molecule has 0 amide bonds. The molecule has 1 aromatic heterocycles. The van der Waals surface area contributed by atoms with Crippen molar-refractivity contribution >= 4 is 17.3 Å². The number of hydrogen-bond donors (Lipinski definition) is 1. The molecule has 0 fully saturated rings. The van der Waals surface area contributed by atoms with E-state index in [1.165, 1.54) is 0 Å². The molecule has 0 spiro atoms. The smallest absolute Gasteiger partial charge is 0.213 e. The fourth-order valence-corrected chi connectivity index (χ4v) is 1.91. The lowest BCUT2D eigenvalue weighted by molar-refractivity contribution is 0.294. The first kappa shape index (κ1) is 12.7. The van der Waals surface area contributed by atoms with Crippen LogP contribution < -0.4 is 10.1 Å². The predicted molar refractivity (Wildman–Crippen MR) is 74.3 cm³/mol. The molecule has 0 aliphatic carbocycles. The van der Waals surface area contributed by atoms with Crippen molar-refractivity contribution in [2.75, 3.05) is 12.4 Å². The molecule has 0 aliphatic heterocycles. The van der Waals surface area contributed by atoms with E-state index >= 15 is 0 Å². The third-order valence-electron chi connectivity index (χ3n) is 2.62. The highest BCUT2D eigenvalue weighted by Crippen LogP contribution is 2.25. The zero-order valence-corrected chi connectivity index (χ0v) is 11.2. The Balaban J connectivity index is 2.15. The second kappa shape index (κ2) is 5.74. The maximum absolute atomic E-state index is 6.17. The topological polar surface area (TPSA) is 34.1 Å². The van der Waals surface area contributed by atoms with E-state index in [0.29, 0.717) is 17.5 Å². The number of ether oxygens (including phenoxy) is 1. The Morgan fingerprint density at radius 1 is 1.22 bits per heavy atom. The molecular formula is C14H15ClN2O. The van der Waals surface area contributed by atoms with Crippen LogP contribution >= 0.6 is 11.6 Å². The molecule has 0 unspecified atom stereocenters. The third kappa shape index (κ3) is 2.93. The molecule has 2 rings (SSSR count). The Bertz CT molecular complexity index is 543. The number of nitrogens with one attached hydrogen (secondary N) is 1. The first-order chi connectivity index (χ1) is 8.70. The molecule has 3 nitrogen and oxygen atoms in total. The van der Waals surface area contributed by atoms with Crippen molar-refractivity contribution in [2.24, 2.45) is 0 Å². The molecular weight excluding hydrogens is 248 g/mol. The Hall–Kier alpha value is -1.74. The van der Waals surface area contributed by atoms with E-state index in [1.54, 1.807) is 0 Å². The van der Waals surface area contributed by atoms with Crippen molar-refractivity contribution in [1.29, 1.82) is 0 Å². The fraction of sp³-hybridized carbons (Fsp3) is 0.214. The van der Waals surface area contributed by atoms with E-state index < -0.39 is 0 Å². The highest BCUT2D eigenvalue weighted by molar-refractivity contribution is 6.31. The number of nitrogens with zero attached hydrogens (tertiary/aromatic N) is 1. The SMILES string of the molecule is CNc1cccc(Cl)c1COc1cccc(C)n1. The van der Waals surface area contributed by atoms with Crippen LogP contribution in [-0.4, -0.2) is 12.0 Å². The van der Waals surface area contributed by atoms with E-state index in [1.807, 2.05) is 50.4 Å². The molecule has 0 bridgehead atoms. The quantitative estimate of drug-likeness (QED) is 0.913. The largest absolute Gasteiger partial charge is 0.473 e. The van der Waals surface area contributed by atoms with Gasteiger partial charge in [0.25, 0.3) is 0 Å². The van der Waals surface area contributed by atoms with E-state index in [0.717, 1.165) is 16.9 Å². The standard InChI is InChI=1S/C14H15ClN2O/c1-10-5-3-8-14(17-10)18-9-11-12(15)6-4-7-13(11)16-2/h3-8,16H,9H2,1-2H3. The van der Waals surface area contributed by atoms with Crippen molar-refractivity contribution in [3.8, 4) is 5.88 Å². The lowest BCUT2D eigenvalue weighted by atomic mass is 10.2. The lowest BCUT2D eigenvalue weighted by Gasteiger charge is -2.12. The predicted octanol–water partition coefficient (Wildman–Crippen LogP) is 3.66. The zero-order chi connectivity index (χ0) is 13.0. The number of aryl methyl sites for hydroxylation is 1. The van der Waals surface area contributed by atoms with Gasteiger partial charge in [-0.2, -0.15) is 0 Å². The van der Waals surface area contributed by atoms with E-state index in [9.17, 15) is 0 Å². The van der Waals surface area contributed by atoms with Crippen LogP contribution in [0.1, 0.15) is 11.3 Å². The molecule has 0 radical (unpaired) electrons. The molecule has 1 aromatic carbocycles. The molecule has 1 N–H and O–H groups in total. The molecule has 4 heteroatoms. The minimum atomic E-state index is 0.395. The summed E-state index contributed by atoms with van der Waals surface area (Å²) in [6, 6.07) is 11.4. The van der Waals surface area contributed by atoms with Gasteiger partial charge in [-0.1, -0.05) is 23.7 Å². The van der Waals surface area contributed by atoms with Crippen LogP contribution in [-0.2, 0) is 6.61 Å². The second-order valence-electron chi connectivity index (χ2n) is 3.92. The van der Waals surface area contributed by atoms with E-state index in [2.05, 4.69) is 10.3 Å².